The van der Waals surface area contributed by atoms with Crippen molar-refractivity contribution in [2.75, 3.05) is 44.8 Å². The third-order valence-electron chi connectivity index (χ3n) is 8.99. The number of anilines is 1. The number of hydrogen-bond acceptors (Lipinski definition) is 5. The maximum Gasteiger partial charge on any atom is 0.229 e. The SMILES string of the molecule is Cc1cc2cnc(NC(=O)C3CC34CCOC4)cc2cc1C1CCN([C@]2(C)COC[C@@H]2F)CC1. The van der Waals surface area contributed by atoms with Gasteiger partial charge >= 0.3 is 0 Å². The Morgan fingerprint density at radius 3 is 2.71 bits per heavy atom. The molecular weight excluding hydrogens is 433 g/mol. The Morgan fingerprint density at radius 1 is 1.18 bits per heavy atom. The number of piperidine rings is 1. The van der Waals surface area contributed by atoms with Crippen molar-refractivity contribution in [3.63, 3.8) is 0 Å². The molecule has 3 aliphatic heterocycles. The van der Waals surface area contributed by atoms with Gasteiger partial charge < -0.3 is 14.8 Å². The molecule has 182 valence electrons. The lowest BCUT2D eigenvalue weighted by molar-refractivity contribution is -0.118. The topological polar surface area (TPSA) is 63.7 Å². The van der Waals surface area contributed by atoms with E-state index in [1.165, 1.54) is 11.1 Å². The highest BCUT2D eigenvalue weighted by Crippen LogP contribution is 2.58. The molecule has 4 heterocycles. The van der Waals surface area contributed by atoms with Gasteiger partial charge in [-0.05, 0) is 87.2 Å². The van der Waals surface area contributed by atoms with Crippen LogP contribution in [0.1, 0.15) is 49.7 Å². The molecule has 6 nitrogen and oxygen atoms in total. The molecule has 1 aliphatic carbocycles. The Morgan fingerprint density at radius 2 is 2.00 bits per heavy atom. The maximum atomic E-state index is 14.5. The number of rotatable bonds is 4. The van der Waals surface area contributed by atoms with Crippen molar-refractivity contribution in [3.05, 3.63) is 35.5 Å². The number of halogens is 1. The Labute approximate surface area is 200 Å². The van der Waals surface area contributed by atoms with E-state index in [4.69, 9.17) is 9.47 Å². The van der Waals surface area contributed by atoms with E-state index in [1.807, 2.05) is 19.2 Å². The number of ether oxygens (including phenoxy) is 2. The standard InChI is InChI=1S/C27H34FN3O3/c1-17-9-20-13-29-24(30-25(32)22-12-27(22)5-8-33-16-27)11-19(20)10-21(17)18-3-6-31(7-4-18)26(2)15-34-14-23(26)28/h9-11,13,18,22-23H,3-8,12,14-16H2,1-2H3,(H,29,30,32)/t22?,23-,26+,27?/m0/s1. The zero-order valence-corrected chi connectivity index (χ0v) is 20.1. The highest BCUT2D eigenvalue weighted by atomic mass is 19.1. The van der Waals surface area contributed by atoms with Crippen LogP contribution in [0.2, 0.25) is 0 Å². The zero-order valence-electron chi connectivity index (χ0n) is 20.1. The Hall–Kier alpha value is -2.09. The fourth-order valence-corrected chi connectivity index (χ4v) is 6.45. The molecule has 1 saturated carbocycles. The van der Waals surface area contributed by atoms with Crippen LogP contribution in [-0.2, 0) is 14.3 Å². The van der Waals surface area contributed by atoms with E-state index in [0.29, 0.717) is 24.9 Å². The van der Waals surface area contributed by atoms with Crippen LogP contribution in [0.4, 0.5) is 10.2 Å². The molecule has 2 unspecified atom stereocenters. The summed E-state index contributed by atoms with van der Waals surface area (Å²) in [6.07, 6.45) is 4.86. The monoisotopic (exact) mass is 467 g/mol. The van der Waals surface area contributed by atoms with Gasteiger partial charge in [0.25, 0.3) is 0 Å². The molecule has 3 saturated heterocycles. The number of likely N-dealkylation sites (tertiary alicyclic amines) is 1. The highest BCUT2D eigenvalue weighted by molar-refractivity contribution is 5.96. The average molecular weight is 468 g/mol. The van der Waals surface area contributed by atoms with E-state index in [2.05, 4.69) is 34.3 Å². The Balaban J connectivity index is 1.16. The van der Waals surface area contributed by atoms with Crippen molar-refractivity contribution >= 4 is 22.5 Å². The van der Waals surface area contributed by atoms with Crippen molar-refractivity contribution in [2.24, 2.45) is 11.3 Å². The normalized spacial score (nSPS) is 34.2. The van der Waals surface area contributed by atoms with Crippen LogP contribution in [0, 0.1) is 18.3 Å². The van der Waals surface area contributed by atoms with E-state index in [0.717, 1.165) is 56.2 Å². The van der Waals surface area contributed by atoms with Crippen molar-refractivity contribution in [3.8, 4) is 0 Å². The van der Waals surface area contributed by atoms with Gasteiger partial charge in [-0.1, -0.05) is 6.07 Å². The van der Waals surface area contributed by atoms with Crippen molar-refractivity contribution < 1.29 is 18.7 Å². The quantitative estimate of drug-likeness (QED) is 0.730. The summed E-state index contributed by atoms with van der Waals surface area (Å²) in [5, 5.41) is 5.23. The number of nitrogens with zero attached hydrogens (tertiary/aromatic N) is 2. The summed E-state index contributed by atoms with van der Waals surface area (Å²) in [6.45, 7) is 8.08. The summed E-state index contributed by atoms with van der Waals surface area (Å²) in [4.78, 5) is 19.6. The number of alkyl halides is 1. The lowest BCUT2D eigenvalue weighted by Gasteiger charge is -2.43. The number of pyridine rings is 1. The van der Waals surface area contributed by atoms with Crippen LogP contribution in [0.25, 0.3) is 10.8 Å². The van der Waals surface area contributed by atoms with Gasteiger partial charge in [0.05, 0.1) is 25.4 Å². The first kappa shape index (κ1) is 22.4. The number of carbonyl (C=O) groups excluding carboxylic acids is 1. The first-order valence-electron chi connectivity index (χ1n) is 12.6. The summed E-state index contributed by atoms with van der Waals surface area (Å²) in [6, 6.07) is 6.46. The second-order valence-electron chi connectivity index (χ2n) is 11.1. The summed E-state index contributed by atoms with van der Waals surface area (Å²) >= 11 is 0. The molecule has 1 amide bonds. The highest BCUT2D eigenvalue weighted by Gasteiger charge is 2.59. The summed E-state index contributed by atoms with van der Waals surface area (Å²) in [7, 11) is 0. The number of nitrogens with one attached hydrogen (secondary N) is 1. The van der Waals surface area contributed by atoms with Gasteiger partial charge in [0.2, 0.25) is 5.91 Å². The fourth-order valence-electron chi connectivity index (χ4n) is 6.45. The van der Waals surface area contributed by atoms with Gasteiger partial charge in [0, 0.05) is 29.5 Å². The van der Waals surface area contributed by atoms with Gasteiger partial charge in [-0.15, -0.1) is 0 Å². The number of amides is 1. The number of aromatic nitrogens is 1. The molecule has 1 N–H and O–H groups in total. The molecule has 34 heavy (non-hydrogen) atoms. The predicted octanol–water partition coefficient (Wildman–Crippen LogP) is 4.21. The minimum absolute atomic E-state index is 0.0438. The second-order valence-corrected chi connectivity index (χ2v) is 11.1. The van der Waals surface area contributed by atoms with Crippen LogP contribution < -0.4 is 5.32 Å². The lowest BCUT2D eigenvalue weighted by atomic mass is 9.83. The number of carbonyl (C=O) groups is 1. The molecule has 4 fully saturated rings. The van der Waals surface area contributed by atoms with Crippen LogP contribution in [0.3, 0.4) is 0 Å². The summed E-state index contributed by atoms with van der Waals surface area (Å²) < 4.78 is 25.4. The van der Waals surface area contributed by atoms with E-state index >= 15 is 0 Å². The van der Waals surface area contributed by atoms with Crippen LogP contribution in [-0.4, -0.2) is 67.0 Å². The van der Waals surface area contributed by atoms with Crippen LogP contribution in [0.5, 0.6) is 0 Å². The fraction of sp³-hybridized carbons (Fsp3) is 0.630. The number of aryl methyl sites for hydroxylation is 1. The smallest absolute Gasteiger partial charge is 0.229 e. The molecule has 2 aromatic rings. The van der Waals surface area contributed by atoms with E-state index in [9.17, 15) is 9.18 Å². The molecule has 0 radical (unpaired) electrons. The van der Waals surface area contributed by atoms with E-state index in [-0.39, 0.29) is 23.8 Å². The predicted molar refractivity (Wildman–Crippen MR) is 129 cm³/mol. The lowest BCUT2D eigenvalue weighted by Crippen LogP contribution is -2.55. The zero-order chi connectivity index (χ0) is 23.5. The average Bonchev–Trinajstić information content (AvgIpc) is 3.14. The van der Waals surface area contributed by atoms with E-state index in [1.54, 1.807) is 0 Å². The van der Waals surface area contributed by atoms with Crippen molar-refractivity contribution in [1.82, 2.24) is 9.88 Å². The molecule has 4 atom stereocenters. The van der Waals surface area contributed by atoms with Gasteiger partial charge in [-0.25, -0.2) is 9.37 Å². The molecule has 1 aromatic heterocycles. The largest absolute Gasteiger partial charge is 0.381 e. The third kappa shape index (κ3) is 3.73. The van der Waals surface area contributed by atoms with Gasteiger partial charge in [0.1, 0.15) is 12.0 Å². The Kier molecular flexibility index (Phi) is 5.43. The number of fused-ring (bicyclic) bond motifs is 1. The second kappa shape index (κ2) is 8.25. The first-order chi connectivity index (χ1) is 16.4. The van der Waals surface area contributed by atoms with Gasteiger partial charge in [-0.3, -0.25) is 9.69 Å². The van der Waals surface area contributed by atoms with E-state index < -0.39 is 11.7 Å². The van der Waals surface area contributed by atoms with Crippen molar-refractivity contribution in [1.29, 1.82) is 0 Å². The van der Waals surface area contributed by atoms with Crippen molar-refractivity contribution in [2.45, 2.75) is 57.2 Å². The number of hydrogen-bond donors (Lipinski definition) is 1. The van der Waals surface area contributed by atoms with Crippen LogP contribution >= 0.6 is 0 Å². The third-order valence-corrected chi connectivity index (χ3v) is 8.99. The molecule has 1 spiro atoms. The summed E-state index contributed by atoms with van der Waals surface area (Å²) in [5.74, 6) is 1.17. The minimum atomic E-state index is -0.917. The number of benzene rings is 1. The molecular formula is C27H34FN3O3. The first-order valence-corrected chi connectivity index (χ1v) is 12.6. The molecule has 4 aliphatic rings. The molecule has 0 bridgehead atoms. The Bertz CT molecular complexity index is 1110. The molecule has 7 heteroatoms. The van der Waals surface area contributed by atoms with Gasteiger partial charge in [0.15, 0.2) is 0 Å². The molecule has 1 aromatic carbocycles. The van der Waals surface area contributed by atoms with Gasteiger partial charge in [-0.2, -0.15) is 0 Å². The minimum Gasteiger partial charge on any atom is -0.381 e. The van der Waals surface area contributed by atoms with Crippen LogP contribution in [0.15, 0.2) is 24.4 Å². The molecule has 6 rings (SSSR count). The maximum absolute atomic E-state index is 14.5. The summed E-state index contributed by atoms with van der Waals surface area (Å²) in [5.41, 5.74) is 2.20.